The Balaban J connectivity index is 1.56. The van der Waals surface area contributed by atoms with Crippen molar-refractivity contribution in [2.75, 3.05) is 19.8 Å². The minimum atomic E-state index is -0.316. The third kappa shape index (κ3) is 14.6. The number of ether oxygens (including phenoxy) is 3. The average molecular weight is 523 g/mol. The summed E-state index contributed by atoms with van der Waals surface area (Å²) in [5, 5.41) is 8.64. The quantitative estimate of drug-likeness (QED) is 0.0708. The van der Waals surface area contributed by atoms with Crippen molar-refractivity contribution in [2.24, 2.45) is 10.2 Å². The third-order valence-electron chi connectivity index (χ3n) is 6.11. The normalized spacial score (nSPS) is 11.0. The fraction of sp³-hybridized carbons (Fsp3) is 0.531. The average Bonchev–Trinajstić information content (AvgIpc) is 2.93. The number of carbonyl (C=O) groups excluding carboxylic acids is 1. The highest BCUT2D eigenvalue weighted by molar-refractivity contribution is 5.86. The molecule has 0 spiro atoms. The second-order valence-corrected chi connectivity index (χ2v) is 9.69. The summed E-state index contributed by atoms with van der Waals surface area (Å²) in [6.07, 6.45) is 14.2. The first-order valence-corrected chi connectivity index (χ1v) is 14.3. The van der Waals surface area contributed by atoms with Gasteiger partial charge >= 0.3 is 5.97 Å². The van der Waals surface area contributed by atoms with E-state index in [0.717, 1.165) is 61.6 Å². The Morgan fingerprint density at radius 1 is 0.632 bits per heavy atom. The van der Waals surface area contributed by atoms with Crippen LogP contribution in [-0.2, 0) is 9.53 Å². The molecule has 0 saturated heterocycles. The topological polar surface area (TPSA) is 69.5 Å². The van der Waals surface area contributed by atoms with E-state index in [4.69, 9.17) is 14.2 Å². The van der Waals surface area contributed by atoms with Gasteiger partial charge in [-0.05, 0) is 87.6 Å². The molecule has 0 saturated carbocycles. The van der Waals surface area contributed by atoms with Crippen LogP contribution < -0.4 is 9.47 Å². The van der Waals surface area contributed by atoms with E-state index in [-0.39, 0.29) is 5.97 Å². The van der Waals surface area contributed by atoms with Crippen LogP contribution in [0.4, 0.5) is 11.4 Å². The summed E-state index contributed by atoms with van der Waals surface area (Å²) in [6, 6.07) is 15.4. The van der Waals surface area contributed by atoms with Crippen molar-refractivity contribution >= 4 is 17.3 Å². The second-order valence-electron chi connectivity index (χ2n) is 9.69. The van der Waals surface area contributed by atoms with Gasteiger partial charge in [0.1, 0.15) is 11.5 Å². The van der Waals surface area contributed by atoms with E-state index in [1.807, 2.05) is 48.5 Å². The van der Waals surface area contributed by atoms with Crippen LogP contribution in [0.5, 0.6) is 11.5 Å². The molecule has 0 N–H and O–H groups in total. The number of azo groups is 1. The van der Waals surface area contributed by atoms with E-state index < -0.39 is 0 Å². The largest absolute Gasteiger partial charge is 0.494 e. The lowest BCUT2D eigenvalue weighted by atomic mass is 10.1. The predicted octanol–water partition coefficient (Wildman–Crippen LogP) is 9.68. The van der Waals surface area contributed by atoms with Gasteiger partial charge in [-0.1, -0.05) is 58.4 Å². The van der Waals surface area contributed by atoms with Crippen LogP contribution in [0.2, 0.25) is 0 Å². The Morgan fingerprint density at radius 2 is 1.03 bits per heavy atom. The molecule has 38 heavy (non-hydrogen) atoms. The van der Waals surface area contributed by atoms with Crippen LogP contribution in [0.3, 0.4) is 0 Å². The molecule has 0 heterocycles. The van der Waals surface area contributed by atoms with Crippen LogP contribution in [0.25, 0.3) is 0 Å². The highest BCUT2D eigenvalue weighted by Gasteiger charge is 2.02. The Kier molecular flexibility index (Phi) is 16.3. The summed E-state index contributed by atoms with van der Waals surface area (Å²) in [5.74, 6) is 1.38. The summed E-state index contributed by atoms with van der Waals surface area (Å²) in [6.45, 7) is 9.34. The maximum absolute atomic E-state index is 11.3. The summed E-state index contributed by atoms with van der Waals surface area (Å²) < 4.78 is 16.7. The zero-order valence-electron chi connectivity index (χ0n) is 23.5. The van der Waals surface area contributed by atoms with Crippen molar-refractivity contribution in [2.45, 2.75) is 90.9 Å². The van der Waals surface area contributed by atoms with Gasteiger partial charge in [0.2, 0.25) is 0 Å². The first-order chi connectivity index (χ1) is 18.6. The monoisotopic (exact) mass is 522 g/mol. The van der Waals surface area contributed by atoms with E-state index in [2.05, 4.69) is 23.7 Å². The van der Waals surface area contributed by atoms with Crippen LogP contribution in [0.1, 0.15) is 90.9 Å². The lowest BCUT2D eigenvalue weighted by Crippen LogP contribution is -2.06. The van der Waals surface area contributed by atoms with E-state index in [9.17, 15) is 4.79 Å². The van der Waals surface area contributed by atoms with Crippen LogP contribution >= 0.6 is 0 Å². The van der Waals surface area contributed by atoms with Gasteiger partial charge in [0.15, 0.2) is 0 Å². The number of hydrogen-bond acceptors (Lipinski definition) is 6. The number of unbranched alkanes of at least 4 members (excludes halogenated alkanes) is 10. The highest BCUT2D eigenvalue weighted by Crippen LogP contribution is 2.23. The third-order valence-corrected chi connectivity index (χ3v) is 6.11. The Morgan fingerprint density at radius 3 is 1.45 bits per heavy atom. The van der Waals surface area contributed by atoms with Crippen molar-refractivity contribution < 1.29 is 19.0 Å². The molecule has 6 nitrogen and oxygen atoms in total. The van der Waals surface area contributed by atoms with Crippen molar-refractivity contribution in [1.29, 1.82) is 0 Å². The van der Waals surface area contributed by atoms with E-state index in [1.54, 1.807) is 6.92 Å². The molecular formula is C32H46N2O4. The molecule has 2 aromatic rings. The smallest absolute Gasteiger partial charge is 0.333 e. The predicted molar refractivity (Wildman–Crippen MR) is 155 cm³/mol. The van der Waals surface area contributed by atoms with E-state index in [0.29, 0.717) is 18.8 Å². The minimum Gasteiger partial charge on any atom is -0.494 e. The summed E-state index contributed by atoms with van der Waals surface area (Å²) in [4.78, 5) is 11.3. The Hall–Kier alpha value is -3.15. The maximum Gasteiger partial charge on any atom is 0.333 e. The van der Waals surface area contributed by atoms with E-state index in [1.165, 1.54) is 44.9 Å². The lowest BCUT2D eigenvalue weighted by Gasteiger charge is -2.07. The van der Waals surface area contributed by atoms with E-state index >= 15 is 0 Å². The van der Waals surface area contributed by atoms with Gasteiger partial charge in [-0.2, -0.15) is 10.2 Å². The number of esters is 1. The SMILES string of the molecule is C=C(C)C(=O)OCCCCCCOc1ccc(N=Nc2ccc(OCCCCCCCCCC)cc2)cc1. The molecule has 0 aromatic heterocycles. The summed E-state index contributed by atoms with van der Waals surface area (Å²) in [5.41, 5.74) is 2.00. The molecule has 0 aliphatic carbocycles. The zero-order chi connectivity index (χ0) is 27.3. The van der Waals surface area contributed by atoms with Gasteiger partial charge in [0, 0.05) is 5.57 Å². The van der Waals surface area contributed by atoms with Gasteiger partial charge < -0.3 is 14.2 Å². The van der Waals surface area contributed by atoms with Gasteiger partial charge in [-0.3, -0.25) is 0 Å². The van der Waals surface area contributed by atoms with Crippen LogP contribution in [-0.4, -0.2) is 25.8 Å². The molecule has 0 unspecified atom stereocenters. The lowest BCUT2D eigenvalue weighted by molar-refractivity contribution is -0.139. The fourth-order valence-electron chi connectivity index (χ4n) is 3.80. The number of hydrogen-bond donors (Lipinski definition) is 0. The van der Waals surface area contributed by atoms with Crippen molar-refractivity contribution in [1.82, 2.24) is 0 Å². The molecule has 6 heteroatoms. The minimum absolute atomic E-state index is 0.316. The molecule has 0 radical (unpaired) electrons. The molecule has 2 rings (SSSR count). The molecule has 0 bridgehead atoms. The first-order valence-electron chi connectivity index (χ1n) is 14.3. The number of carbonyl (C=O) groups is 1. The zero-order valence-corrected chi connectivity index (χ0v) is 23.5. The molecule has 2 aromatic carbocycles. The number of nitrogens with zero attached hydrogens (tertiary/aromatic N) is 2. The highest BCUT2D eigenvalue weighted by atomic mass is 16.5. The molecule has 0 amide bonds. The molecule has 0 fully saturated rings. The maximum atomic E-state index is 11.3. The van der Waals surface area contributed by atoms with Gasteiger partial charge in [-0.15, -0.1) is 0 Å². The first kappa shape index (κ1) is 31.1. The van der Waals surface area contributed by atoms with Crippen molar-refractivity contribution in [3.8, 4) is 11.5 Å². The fourth-order valence-corrected chi connectivity index (χ4v) is 3.80. The van der Waals surface area contributed by atoms with Gasteiger partial charge in [0.25, 0.3) is 0 Å². The summed E-state index contributed by atoms with van der Waals surface area (Å²) >= 11 is 0. The second kappa shape index (κ2) is 19.9. The van der Waals surface area contributed by atoms with Crippen molar-refractivity contribution in [3.63, 3.8) is 0 Å². The molecule has 208 valence electrons. The van der Waals surface area contributed by atoms with Crippen molar-refractivity contribution in [3.05, 3.63) is 60.7 Å². The molecule has 0 aliphatic rings. The van der Waals surface area contributed by atoms with Crippen LogP contribution in [0.15, 0.2) is 70.9 Å². The molecule has 0 atom stereocenters. The summed E-state index contributed by atoms with van der Waals surface area (Å²) in [7, 11) is 0. The van der Waals surface area contributed by atoms with Gasteiger partial charge in [-0.25, -0.2) is 4.79 Å². The Bertz CT molecular complexity index is 939. The molecular weight excluding hydrogens is 476 g/mol. The molecule has 0 aliphatic heterocycles. The number of benzene rings is 2. The van der Waals surface area contributed by atoms with Gasteiger partial charge in [0.05, 0.1) is 31.2 Å². The number of rotatable bonds is 21. The standard InChI is InChI=1S/C32H46N2O4/c1-4-5-6-7-8-9-10-13-24-36-30-20-16-28(17-21-30)33-34-29-18-22-31(23-19-29)37-25-14-11-12-15-26-38-32(35)27(2)3/h16-23H,2,4-15,24-26H2,1,3H3. The van der Waals surface area contributed by atoms with Crippen LogP contribution in [0, 0.1) is 0 Å². The Labute approximate surface area is 229 Å².